The molecule has 0 radical (unpaired) electrons. The van der Waals surface area contributed by atoms with E-state index in [1.165, 1.54) is 44.9 Å². The fourth-order valence-corrected chi connectivity index (χ4v) is 3.63. The summed E-state index contributed by atoms with van der Waals surface area (Å²) in [4.78, 5) is 0. The molecule has 1 atom stereocenters. The minimum absolute atomic E-state index is 0.197. The second-order valence-corrected chi connectivity index (χ2v) is 5.79. The average Bonchev–Trinajstić information content (AvgIpc) is 3.04. The summed E-state index contributed by atoms with van der Waals surface area (Å²) >= 11 is 0. The number of nitrogens with one attached hydrogen (secondary N) is 1. The highest BCUT2D eigenvalue weighted by Gasteiger charge is 2.52. The summed E-state index contributed by atoms with van der Waals surface area (Å²) < 4.78 is 6.63. The van der Waals surface area contributed by atoms with E-state index in [1.807, 2.05) is 0 Å². The van der Waals surface area contributed by atoms with Gasteiger partial charge < -0.3 is 10.1 Å². The largest absolute Gasteiger partial charge is 0.366 e. The number of morpholine rings is 1. The third kappa shape index (κ3) is 1.62. The minimum atomic E-state index is 0.197. The lowest BCUT2D eigenvalue weighted by Crippen LogP contribution is -2.60. The van der Waals surface area contributed by atoms with Crippen LogP contribution in [0.15, 0.2) is 0 Å². The lowest BCUT2D eigenvalue weighted by atomic mass is 9.88. The van der Waals surface area contributed by atoms with E-state index >= 15 is 0 Å². The molecule has 1 aliphatic heterocycles. The monoisotopic (exact) mass is 209 g/mol. The van der Waals surface area contributed by atoms with Gasteiger partial charge in [0.15, 0.2) is 0 Å². The summed E-state index contributed by atoms with van der Waals surface area (Å²) in [5, 5.41) is 3.66. The Hall–Kier alpha value is -0.0800. The predicted octanol–water partition coefficient (Wildman–Crippen LogP) is 2.48. The van der Waals surface area contributed by atoms with Crippen LogP contribution in [0.3, 0.4) is 0 Å². The molecular formula is C13H23NO. The maximum absolute atomic E-state index is 6.63. The van der Waals surface area contributed by atoms with E-state index in [1.54, 1.807) is 0 Å². The molecule has 1 N–H and O–H groups in total. The van der Waals surface area contributed by atoms with E-state index in [4.69, 9.17) is 4.74 Å². The van der Waals surface area contributed by atoms with Crippen LogP contribution in [-0.2, 0) is 4.74 Å². The maximum Gasteiger partial charge on any atom is 0.0839 e. The highest BCUT2D eigenvalue weighted by molar-refractivity contribution is 5.04. The average molecular weight is 209 g/mol. The first kappa shape index (κ1) is 10.1. The molecule has 0 aromatic heterocycles. The van der Waals surface area contributed by atoms with E-state index in [0.717, 1.165) is 19.0 Å². The van der Waals surface area contributed by atoms with Crippen molar-refractivity contribution >= 4 is 0 Å². The fourth-order valence-electron chi connectivity index (χ4n) is 3.63. The second-order valence-electron chi connectivity index (χ2n) is 5.79. The fraction of sp³-hybridized carbons (Fsp3) is 1.00. The van der Waals surface area contributed by atoms with Crippen molar-refractivity contribution in [1.82, 2.24) is 5.32 Å². The van der Waals surface area contributed by atoms with Crippen LogP contribution in [0.5, 0.6) is 0 Å². The zero-order chi connectivity index (χ0) is 10.4. The molecule has 0 amide bonds. The molecule has 2 nitrogen and oxygen atoms in total. The zero-order valence-electron chi connectivity index (χ0n) is 9.85. The third-order valence-electron chi connectivity index (χ3n) is 4.73. The minimum Gasteiger partial charge on any atom is -0.366 e. The van der Waals surface area contributed by atoms with Gasteiger partial charge in [-0.25, -0.2) is 0 Å². The van der Waals surface area contributed by atoms with E-state index in [-0.39, 0.29) is 11.2 Å². The Labute approximate surface area is 92.8 Å². The van der Waals surface area contributed by atoms with Crippen LogP contribution in [0, 0.1) is 5.92 Å². The van der Waals surface area contributed by atoms with Crippen LogP contribution in [0.2, 0.25) is 0 Å². The Kier molecular flexibility index (Phi) is 2.33. The molecule has 2 heteroatoms. The van der Waals surface area contributed by atoms with Gasteiger partial charge in [-0.15, -0.1) is 0 Å². The summed E-state index contributed by atoms with van der Waals surface area (Å²) in [6.07, 6.45) is 9.28. The summed E-state index contributed by atoms with van der Waals surface area (Å²) in [6, 6.07) is 0. The first-order chi connectivity index (χ1) is 7.29. The van der Waals surface area contributed by atoms with Crippen LogP contribution < -0.4 is 5.32 Å². The van der Waals surface area contributed by atoms with Crippen molar-refractivity contribution < 1.29 is 4.74 Å². The smallest absolute Gasteiger partial charge is 0.0839 e. The Balaban J connectivity index is 1.79. The summed E-state index contributed by atoms with van der Waals surface area (Å²) in [5.74, 6) is 0.854. The first-order valence-electron chi connectivity index (χ1n) is 6.70. The third-order valence-corrected chi connectivity index (χ3v) is 4.73. The molecule has 15 heavy (non-hydrogen) atoms. The quantitative estimate of drug-likeness (QED) is 0.754. The molecule has 0 aromatic carbocycles. The van der Waals surface area contributed by atoms with Crippen molar-refractivity contribution in [3.63, 3.8) is 0 Å². The molecule has 1 heterocycles. The number of rotatable bonds is 2. The second kappa shape index (κ2) is 3.46. The lowest BCUT2D eigenvalue weighted by Gasteiger charge is -2.47. The highest BCUT2D eigenvalue weighted by Crippen LogP contribution is 2.49. The van der Waals surface area contributed by atoms with E-state index in [9.17, 15) is 0 Å². The lowest BCUT2D eigenvalue weighted by molar-refractivity contribution is -0.187. The van der Waals surface area contributed by atoms with E-state index in [0.29, 0.717) is 0 Å². The molecule has 1 unspecified atom stereocenters. The molecule has 86 valence electrons. The van der Waals surface area contributed by atoms with Crippen molar-refractivity contribution in [3.05, 3.63) is 0 Å². The Morgan fingerprint density at radius 2 is 1.93 bits per heavy atom. The van der Waals surface area contributed by atoms with Gasteiger partial charge in [-0.3, -0.25) is 0 Å². The van der Waals surface area contributed by atoms with Crippen molar-refractivity contribution in [2.45, 2.75) is 63.1 Å². The normalized spacial score (nSPS) is 39.8. The molecule has 3 fully saturated rings. The maximum atomic E-state index is 6.63. The summed E-state index contributed by atoms with van der Waals surface area (Å²) in [6.45, 7) is 4.49. The number of hydrogen-bond donors (Lipinski definition) is 1. The molecule has 3 aliphatic rings. The van der Waals surface area contributed by atoms with Gasteiger partial charge in [0, 0.05) is 13.1 Å². The van der Waals surface area contributed by atoms with Gasteiger partial charge in [-0.2, -0.15) is 0 Å². The van der Waals surface area contributed by atoms with Gasteiger partial charge in [0.1, 0.15) is 0 Å². The zero-order valence-corrected chi connectivity index (χ0v) is 9.85. The predicted molar refractivity (Wildman–Crippen MR) is 60.9 cm³/mol. The van der Waals surface area contributed by atoms with Crippen molar-refractivity contribution in [2.75, 3.05) is 13.1 Å². The standard InChI is InChI=1S/C13H23NO/c1-2-13(11-5-6-11)10-14-9-12(15-13)7-3-4-8-12/h11,14H,2-10H2,1H3. The van der Waals surface area contributed by atoms with Gasteiger partial charge in [0.05, 0.1) is 11.2 Å². The molecule has 2 aliphatic carbocycles. The molecule has 0 aromatic rings. The van der Waals surface area contributed by atoms with Crippen LogP contribution >= 0.6 is 0 Å². The molecule has 2 saturated carbocycles. The van der Waals surface area contributed by atoms with Crippen molar-refractivity contribution in [2.24, 2.45) is 5.92 Å². The van der Waals surface area contributed by atoms with Crippen LogP contribution in [-0.4, -0.2) is 24.3 Å². The molecule has 1 spiro atoms. The summed E-state index contributed by atoms with van der Waals surface area (Å²) in [7, 11) is 0. The van der Waals surface area contributed by atoms with Gasteiger partial charge in [-0.1, -0.05) is 19.8 Å². The highest BCUT2D eigenvalue weighted by atomic mass is 16.5. The SMILES string of the molecule is CCC1(C2CC2)CNCC2(CCCC2)O1. The summed E-state index contributed by atoms with van der Waals surface area (Å²) in [5.41, 5.74) is 0.416. The van der Waals surface area contributed by atoms with Gasteiger partial charge >= 0.3 is 0 Å². The Morgan fingerprint density at radius 1 is 1.20 bits per heavy atom. The van der Waals surface area contributed by atoms with Gasteiger partial charge in [-0.05, 0) is 38.0 Å². The molecule has 0 bridgehead atoms. The van der Waals surface area contributed by atoms with E-state index in [2.05, 4.69) is 12.2 Å². The van der Waals surface area contributed by atoms with Crippen molar-refractivity contribution in [3.8, 4) is 0 Å². The van der Waals surface area contributed by atoms with Crippen LogP contribution in [0.4, 0.5) is 0 Å². The molecule has 3 rings (SSSR count). The van der Waals surface area contributed by atoms with E-state index < -0.39 is 0 Å². The number of hydrogen-bond acceptors (Lipinski definition) is 2. The van der Waals surface area contributed by atoms with Crippen LogP contribution in [0.1, 0.15) is 51.9 Å². The van der Waals surface area contributed by atoms with Gasteiger partial charge in [0.2, 0.25) is 0 Å². The Bertz CT molecular complexity index is 243. The molecular weight excluding hydrogens is 186 g/mol. The van der Waals surface area contributed by atoms with Crippen molar-refractivity contribution in [1.29, 1.82) is 0 Å². The first-order valence-corrected chi connectivity index (χ1v) is 6.70. The Morgan fingerprint density at radius 3 is 2.53 bits per heavy atom. The number of ether oxygens (including phenoxy) is 1. The van der Waals surface area contributed by atoms with Crippen LogP contribution in [0.25, 0.3) is 0 Å². The van der Waals surface area contributed by atoms with Gasteiger partial charge in [0.25, 0.3) is 0 Å². The molecule has 1 saturated heterocycles. The topological polar surface area (TPSA) is 21.3 Å².